The molecule has 170 valence electrons. The van der Waals surface area contributed by atoms with Gasteiger partial charge in [0.15, 0.2) is 12.2 Å². The van der Waals surface area contributed by atoms with E-state index in [1.165, 1.54) is 5.56 Å². The Hall–Kier alpha value is -3.80. The number of aromatic nitrogens is 1. The summed E-state index contributed by atoms with van der Waals surface area (Å²) in [7, 11) is 1.56. The van der Waals surface area contributed by atoms with Crippen LogP contribution in [-0.2, 0) is 4.79 Å². The van der Waals surface area contributed by atoms with Crippen molar-refractivity contribution in [3.05, 3.63) is 71.3 Å². The van der Waals surface area contributed by atoms with Gasteiger partial charge in [-0.1, -0.05) is 26.0 Å². The van der Waals surface area contributed by atoms with E-state index in [1.807, 2.05) is 56.3 Å². The third-order valence-corrected chi connectivity index (χ3v) is 5.64. The van der Waals surface area contributed by atoms with Crippen LogP contribution in [0.15, 0.2) is 59.0 Å². The summed E-state index contributed by atoms with van der Waals surface area (Å²) in [6.45, 7) is 8.24. The van der Waals surface area contributed by atoms with Gasteiger partial charge in [-0.2, -0.15) is 0 Å². The monoisotopic (exact) mass is 444 g/mol. The normalized spacial score (nSPS) is 11.1. The maximum absolute atomic E-state index is 12.6. The summed E-state index contributed by atoms with van der Waals surface area (Å²) in [4.78, 5) is 17.2. The summed E-state index contributed by atoms with van der Waals surface area (Å²) >= 11 is 0. The molecule has 6 heteroatoms. The van der Waals surface area contributed by atoms with Gasteiger partial charge < -0.3 is 19.2 Å². The molecule has 0 radical (unpaired) electrons. The average molecular weight is 445 g/mol. The molecule has 0 aliphatic carbocycles. The van der Waals surface area contributed by atoms with Gasteiger partial charge in [-0.25, -0.2) is 4.98 Å². The van der Waals surface area contributed by atoms with Crippen molar-refractivity contribution in [2.45, 2.75) is 33.6 Å². The fourth-order valence-corrected chi connectivity index (χ4v) is 3.53. The van der Waals surface area contributed by atoms with Crippen LogP contribution in [0.2, 0.25) is 0 Å². The predicted octanol–water partition coefficient (Wildman–Crippen LogP) is 6.26. The Morgan fingerprint density at radius 2 is 1.76 bits per heavy atom. The van der Waals surface area contributed by atoms with Crippen LogP contribution in [0.1, 0.15) is 36.5 Å². The van der Waals surface area contributed by atoms with Gasteiger partial charge in [0.25, 0.3) is 5.91 Å². The first-order chi connectivity index (χ1) is 15.8. The lowest BCUT2D eigenvalue weighted by Gasteiger charge is -2.12. The molecule has 3 aromatic carbocycles. The summed E-state index contributed by atoms with van der Waals surface area (Å²) in [5.74, 6) is 1.82. The average Bonchev–Trinajstić information content (AvgIpc) is 3.21. The molecule has 6 nitrogen and oxygen atoms in total. The van der Waals surface area contributed by atoms with Gasteiger partial charge in [0.05, 0.1) is 12.8 Å². The molecular formula is C27H28N2O4. The molecule has 0 bridgehead atoms. The fourth-order valence-electron chi connectivity index (χ4n) is 3.53. The number of carbonyl (C=O) groups is 1. The Morgan fingerprint density at radius 1 is 1.03 bits per heavy atom. The molecule has 33 heavy (non-hydrogen) atoms. The molecule has 1 amide bonds. The second-order valence-corrected chi connectivity index (χ2v) is 8.40. The lowest BCUT2D eigenvalue weighted by molar-refractivity contribution is -0.118. The van der Waals surface area contributed by atoms with Crippen molar-refractivity contribution in [3.63, 3.8) is 0 Å². The highest BCUT2D eigenvalue weighted by Crippen LogP contribution is 2.32. The van der Waals surface area contributed by atoms with Gasteiger partial charge in [-0.3, -0.25) is 4.79 Å². The number of oxazole rings is 1. The minimum atomic E-state index is -0.290. The van der Waals surface area contributed by atoms with Gasteiger partial charge >= 0.3 is 0 Å². The maximum atomic E-state index is 12.6. The topological polar surface area (TPSA) is 73.6 Å². The smallest absolute Gasteiger partial charge is 0.262 e. The molecule has 0 saturated carbocycles. The highest BCUT2D eigenvalue weighted by Gasteiger charge is 2.14. The standard InChI is InChI=1S/C27H28N2O4/c1-16(2)19-6-9-21(10-7-19)32-15-26(30)28-23-14-20(8-11-24(23)31-5)27-29-22-12-17(3)18(4)13-25(22)33-27/h6-14,16H,15H2,1-5H3,(H,28,30). The van der Waals surface area contributed by atoms with E-state index in [0.29, 0.717) is 29.0 Å². The molecule has 1 aromatic heterocycles. The SMILES string of the molecule is COc1ccc(-c2nc3cc(C)c(C)cc3o2)cc1NC(=O)COc1ccc(C(C)C)cc1. The minimum Gasteiger partial charge on any atom is -0.495 e. The molecule has 1 N–H and O–H groups in total. The maximum Gasteiger partial charge on any atom is 0.262 e. The molecule has 0 saturated heterocycles. The van der Waals surface area contributed by atoms with Crippen LogP contribution in [0.4, 0.5) is 5.69 Å². The first kappa shape index (κ1) is 22.4. The number of rotatable bonds is 7. The largest absolute Gasteiger partial charge is 0.495 e. The highest BCUT2D eigenvalue weighted by atomic mass is 16.5. The zero-order valence-electron chi connectivity index (χ0n) is 19.6. The van der Waals surface area contributed by atoms with E-state index in [1.54, 1.807) is 19.2 Å². The van der Waals surface area contributed by atoms with E-state index in [9.17, 15) is 4.79 Å². The second kappa shape index (κ2) is 9.36. The number of carbonyl (C=O) groups excluding carboxylic acids is 1. The van der Waals surface area contributed by atoms with Crippen LogP contribution in [-0.4, -0.2) is 24.6 Å². The minimum absolute atomic E-state index is 0.115. The zero-order valence-corrected chi connectivity index (χ0v) is 19.6. The number of aryl methyl sites for hydroxylation is 2. The van der Waals surface area contributed by atoms with Crippen molar-refractivity contribution >= 4 is 22.7 Å². The molecule has 4 rings (SSSR count). The third kappa shape index (κ3) is 5.00. The van der Waals surface area contributed by atoms with E-state index >= 15 is 0 Å². The zero-order chi connectivity index (χ0) is 23.5. The number of benzene rings is 3. The number of amides is 1. The summed E-state index contributed by atoms with van der Waals surface area (Å²) in [5, 5.41) is 2.87. The first-order valence-corrected chi connectivity index (χ1v) is 10.9. The molecule has 0 atom stereocenters. The molecule has 0 aliphatic heterocycles. The van der Waals surface area contributed by atoms with E-state index in [-0.39, 0.29) is 12.5 Å². The number of fused-ring (bicyclic) bond motifs is 1. The summed E-state index contributed by atoms with van der Waals surface area (Å²) < 4.78 is 17.0. The van der Waals surface area contributed by atoms with Gasteiger partial charge in [0.2, 0.25) is 5.89 Å². The van der Waals surface area contributed by atoms with E-state index in [4.69, 9.17) is 13.9 Å². The summed E-state index contributed by atoms with van der Waals surface area (Å²) in [6.07, 6.45) is 0. The number of hydrogen-bond donors (Lipinski definition) is 1. The van der Waals surface area contributed by atoms with Crippen molar-refractivity contribution < 1.29 is 18.7 Å². The Labute approximate surface area is 193 Å². The van der Waals surface area contributed by atoms with Crippen molar-refractivity contribution in [1.29, 1.82) is 0 Å². The van der Waals surface area contributed by atoms with E-state index < -0.39 is 0 Å². The number of methoxy groups -OCH3 is 1. The van der Waals surface area contributed by atoms with Crippen molar-refractivity contribution in [1.82, 2.24) is 4.98 Å². The Kier molecular flexibility index (Phi) is 6.36. The molecule has 0 unspecified atom stereocenters. The quantitative estimate of drug-likeness (QED) is 0.364. The van der Waals surface area contributed by atoms with Crippen LogP contribution in [0.25, 0.3) is 22.6 Å². The number of nitrogens with one attached hydrogen (secondary N) is 1. The van der Waals surface area contributed by atoms with Gasteiger partial charge in [-0.15, -0.1) is 0 Å². The lowest BCUT2D eigenvalue weighted by atomic mass is 10.0. The van der Waals surface area contributed by atoms with Crippen molar-refractivity contribution in [2.24, 2.45) is 0 Å². The molecule has 0 aliphatic rings. The number of hydrogen-bond acceptors (Lipinski definition) is 5. The molecular weight excluding hydrogens is 416 g/mol. The van der Waals surface area contributed by atoms with Crippen molar-refractivity contribution in [3.8, 4) is 23.0 Å². The van der Waals surface area contributed by atoms with Crippen LogP contribution >= 0.6 is 0 Å². The van der Waals surface area contributed by atoms with Crippen LogP contribution in [0.5, 0.6) is 11.5 Å². The van der Waals surface area contributed by atoms with Crippen LogP contribution < -0.4 is 14.8 Å². The Morgan fingerprint density at radius 3 is 2.45 bits per heavy atom. The first-order valence-electron chi connectivity index (χ1n) is 10.9. The second-order valence-electron chi connectivity index (χ2n) is 8.40. The Bertz CT molecular complexity index is 1250. The molecule has 4 aromatic rings. The number of ether oxygens (including phenoxy) is 2. The highest BCUT2D eigenvalue weighted by molar-refractivity contribution is 5.94. The lowest BCUT2D eigenvalue weighted by Crippen LogP contribution is -2.20. The predicted molar refractivity (Wildman–Crippen MR) is 130 cm³/mol. The molecule has 0 spiro atoms. The number of nitrogens with zero attached hydrogens (tertiary/aromatic N) is 1. The van der Waals surface area contributed by atoms with E-state index in [0.717, 1.165) is 27.8 Å². The van der Waals surface area contributed by atoms with Crippen LogP contribution in [0.3, 0.4) is 0 Å². The Balaban J connectivity index is 1.50. The van der Waals surface area contributed by atoms with Crippen LogP contribution in [0, 0.1) is 13.8 Å². The molecule has 0 fully saturated rings. The van der Waals surface area contributed by atoms with Gasteiger partial charge in [0, 0.05) is 5.56 Å². The fraction of sp³-hybridized carbons (Fsp3) is 0.259. The van der Waals surface area contributed by atoms with Crippen molar-refractivity contribution in [2.75, 3.05) is 19.0 Å². The van der Waals surface area contributed by atoms with E-state index in [2.05, 4.69) is 24.1 Å². The van der Waals surface area contributed by atoms with Gasteiger partial charge in [-0.05, 0) is 78.9 Å². The summed E-state index contributed by atoms with van der Waals surface area (Å²) in [6, 6.07) is 17.2. The third-order valence-electron chi connectivity index (χ3n) is 5.64. The summed E-state index contributed by atoms with van der Waals surface area (Å²) in [5.41, 5.74) is 6.31. The molecule has 1 heterocycles. The number of anilines is 1. The van der Waals surface area contributed by atoms with Gasteiger partial charge in [0.1, 0.15) is 17.0 Å².